The Morgan fingerprint density at radius 3 is 2.58 bits per heavy atom. The molecule has 9 nitrogen and oxygen atoms in total. The van der Waals surface area contributed by atoms with Crippen LogP contribution in [0.2, 0.25) is 0 Å². The predicted octanol–water partition coefficient (Wildman–Crippen LogP) is 2.39. The van der Waals surface area contributed by atoms with Gasteiger partial charge in [-0.3, -0.25) is 9.59 Å². The van der Waals surface area contributed by atoms with Crippen molar-refractivity contribution in [1.29, 1.82) is 0 Å². The van der Waals surface area contributed by atoms with E-state index in [0.29, 0.717) is 22.2 Å². The molecule has 0 spiro atoms. The van der Waals surface area contributed by atoms with Gasteiger partial charge in [-0.1, -0.05) is 26.0 Å². The van der Waals surface area contributed by atoms with Gasteiger partial charge in [-0.15, -0.1) is 10.2 Å². The number of aryl methyl sites for hydroxylation is 1. The van der Waals surface area contributed by atoms with Crippen LogP contribution < -0.4 is 16.2 Å². The van der Waals surface area contributed by atoms with Crippen LogP contribution in [0.4, 0.5) is 18.9 Å². The number of nitrogens with zero attached hydrogens (tertiary/aromatic N) is 4. The molecule has 3 rings (SSSR count). The lowest BCUT2D eigenvalue weighted by Crippen LogP contribution is -2.34. The van der Waals surface area contributed by atoms with E-state index in [1.54, 1.807) is 24.5 Å². The quantitative estimate of drug-likeness (QED) is 0.364. The summed E-state index contributed by atoms with van der Waals surface area (Å²) >= 11 is 0. The molecule has 1 aromatic carbocycles. The Morgan fingerprint density at radius 1 is 1.19 bits per heavy atom. The van der Waals surface area contributed by atoms with Crippen molar-refractivity contribution in [3.05, 3.63) is 75.7 Å². The molecule has 0 aliphatic rings. The first-order valence-corrected chi connectivity index (χ1v) is 11.3. The summed E-state index contributed by atoms with van der Waals surface area (Å²) in [5.41, 5.74) is -0.246. The second-order valence-electron chi connectivity index (χ2n) is 9.16. The highest BCUT2D eigenvalue weighted by Gasteiger charge is 2.30. The molecule has 0 radical (unpaired) electrons. The van der Waals surface area contributed by atoms with Crippen LogP contribution in [0.1, 0.15) is 41.2 Å². The minimum Gasteiger partial charge on any atom is -0.395 e. The van der Waals surface area contributed by atoms with E-state index in [4.69, 9.17) is 5.11 Å². The van der Waals surface area contributed by atoms with Crippen LogP contribution >= 0.6 is 0 Å². The number of amides is 1. The first-order valence-electron chi connectivity index (χ1n) is 11.3. The minimum absolute atomic E-state index is 0.0741. The number of nitrogens with one attached hydrogen (secondary N) is 2. The number of hydrogen-bond acceptors (Lipinski definition) is 6. The number of aliphatic hydroxyl groups excluding tert-OH is 1. The van der Waals surface area contributed by atoms with E-state index in [2.05, 4.69) is 20.8 Å². The third-order valence-electron chi connectivity index (χ3n) is 5.66. The zero-order valence-electron chi connectivity index (χ0n) is 20.3. The highest BCUT2D eigenvalue weighted by Crippen LogP contribution is 2.29. The van der Waals surface area contributed by atoms with E-state index >= 15 is 0 Å². The van der Waals surface area contributed by atoms with E-state index in [1.165, 1.54) is 6.07 Å². The van der Waals surface area contributed by atoms with Crippen LogP contribution in [0.15, 0.2) is 47.7 Å². The molecule has 36 heavy (non-hydrogen) atoms. The van der Waals surface area contributed by atoms with E-state index in [9.17, 15) is 22.8 Å². The number of aliphatic hydroxyl groups is 1. The molecule has 0 saturated carbocycles. The molecular formula is C24H29F3N6O3. The van der Waals surface area contributed by atoms with Crippen molar-refractivity contribution in [1.82, 2.24) is 24.6 Å². The van der Waals surface area contributed by atoms with Gasteiger partial charge < -0.3 is 24.9 Å². The molecule has 0 aliphatic heterocycles. The van der Waals surface area contributed by atoms with Crippen LogP contribution in [0, 0.1) is 0 Å². The number of anilines is 1. The molecule has 2 heterocycles. The fourth-order valence-corrected chi connectivity index (χ4v) is 3.76. The molecule has 194 valence electrons. The molecule has 0 atom stereocenters. The Balaban J connectivity index is 1.87. The number of alkyl halides is 3. The Kier molecular flexibility index (Phi) is 8.31. The number of halogens is 3. The van der Waals surface area contributed by atoms with Crippen molar-refractivity contribution in [2.75, 3.05) is 18.5 Å². The molecule has 0 fully saturated rings. The Hall–Kier alpha value is -3.51. The summed E-state index contributed by atoms with van der Waals surface area (Å²) in [6.45, 7) is 2.62. The van der Waals surface area contributed by atoms with Gasteiger partial charge in [-0.05, 0) is 34.7 Å². The van der Waals surface area contributed by atoms with E-state index in [-0.39, 0.29) is 25.1 Å². The lowest BCUT2D eigenvalue weighted by atomic mass is 9.81. The van der Waals surface area contributed by atoms with Gasteiger partial charge in [0.15, 0.2) is 0 Å². The lowest BCUT2D eigenvalue weighted by molar-refractivity contribution is -0.141. The molecule has 12 heteroatoms. The predicted molar refractivity (Wildman–Crippen MR) is 128 cm³/mol. The summed E-state index contributed by atoms with van der Waals surface area (Å²) < 4.78 is 41.4. The third-order valence-corrected chi connectivity index (χ3v) is 5.66. The van der Waals surface area contributed by atoms with Gasteiger partial charge >= 0.3 is 6.18 Å². The summed E-state index contributed by atoms with van der Waals surface area (Å²) in [6.07, 6.45) is -1.39. The first-order chi connectivity index (χ1) is 16.9. The van der Waals surface area contributed by atoms with Gasteiger partial charge in [0, 0.05) is 38.4 Å². The number of aromatic nitrogens is 4. The number of carbonyl (C=O) groups excluding carboxylic acids is 1. The van der Waals surface area contributed by atoms with Crippen LogP contribution in [0.3, 0.4) is 0 Å². The number of hydrogen-bond donors (Lipinski definition) is 3. The van der Waals surface area contributed by atoms with Gasteiger partial charge in [0.25, 0.3) is 11.5 Å². The second kappa shape index (κ2) is 11.0. The van der Waals surface area contributed by atoms with E-state index in [0.717, 1.165) is 17.6 Å². The maximum Gasteiger partial charge on any atom is 0.406 e. The fraction of sp³-hybridized carbons (Fsp3) is 0.417. The van der Waals surface area contributed by atoms with Crippen LogP contribution in [0.25, 0.3) is 0 Å². The molecule has 0 bridgehead atoms. The average molecular weight is 507 g/mol. The molecule has 0 unspecified atom stereocenters. The van der Waals surface area contributed by atoms with Crippen molar-refractivity contribution in [3.63, 3.8) is 0 Å². The highest BCUT2D eigenvalue weighted by atomic mass is 19.4. The molecule has 1 amide bonds. The Labute approximate surface area is 206 Å². The largest absolute Gasteiger partial charge is 0.406 e. The third kappa shape index (κ3) is 7.01. The standard InChI is InChI=1S/C24H29F3N6O3/c1-23(2,11-20-31-29-15-32(20)3)17-5-4-6-18(10-17)30-21(35)19-9-16(12-28-7-8-34)13-33(22(19)36)14-24(25,26)27/h4-6,9-10,13,15,28,34H,7-8,11-12,14H2,1-3H3,(H,30,35). The number of rotatable bonds is 10. The van der Waals surface area contributed by atoms with Gasteiger partial charge in [0.05, 0.1) is 6.61 Å². The van der Waals surface area contributed by atoms with E-state index < -0.39 is 29.8 Å². The van der Waals surface area contributed by atoms with Crippen LogP contribution in [-0.2, 0) is 32.0 Å². The van der Waals surface area contributed by atoms with Crippen molar-refractivity contribution < 1.29 is 23.1 Å². The van der Waals surface area contributed by atoms with Crippen LogP contribution in [-0.4, -0.2) is 49.7 Å². The summed E-state index contributed by atoms with van der Waals surface area (Å²) in [6, 6.07) is 8.31. The SMILES string of the molecule is Cn1cnnc1CC(C)(C)c1cccc(NC(=O)c2cc(CNCCO)cn(CC(F)(F)F)c2=O)c1. The van der Waals surface area contributed by atoms with Crippen molar-refractivity contribution >= 4 is 11.6 Å². The summed E-state index contributed by atoms with van der Waals surface area (Å²) in [5, 5.41) is 22.4. The zero-order chi connectivity index (χ0) is 26.5. The molecule has 2 aromatic heterocycles. The Bertz CT molecular complexity index is 1270. The van der Waals surface area contributed by atoms with Gasteiger partial charge in [-0.2, -0.15) is 13.2 Å². The molecule has 0 aliphatic carbocycles. The first kappa shape index (κ1) is 27.1. The fourth-order valence-electron chi connectivity index (χ4n) is 3.76. The summed E-state index contributed by atoms with van der Waals surface area (Å²) in [5.74, 6) is -0.0329. The number of pyridine rings is 1. The molecule has 3 N–H and O–H groups in total. The van der Waals surface area contributed by atoms with Crippen molar-refractivity contribution in [2.24, 2.45) is 7.05 Å². The lowest BCUT2D eigenvalue weighted by Gasteiger charge is -2.25. The molecule has 0 saturated heterocycles. The van der Waals surface area contributed by atoms with Crippen LogP contribution in [0.5, 0.6) is 0 Å². The monoisotopic (exact) mass is 506 g/mol. The van der Waals surface area contributed by atoms with Gasteiger partial charge in [-0.25, -0.2) is 0 Å². The normalized spacial score (nSPS) is 12.1. The van der Waals surface area contributed by atoms with E-state index in [1.807, 2.05) is 31.5 Å². The summed E-state index contributed by atoms with van der Waals surface area (Å²) in [7, 11) is 1.85. The van der Waals surface area contributed by atoms with Crippen molar-refractivity contribution in [2.45, 2.75) is 44.9 Å². The zero-order valence-corrected chi connectivity index (χ0v) is 20.3. The minimum atomic E-state index is -4.64. The number of carbonyl (C=O) groups is 1. The number of benzene rings is 1. The molecular weight excluding hydrogens is 477 g/mol. The topological polar surface area (TPSA) is 114 Å². The maximum absolute atomic E-state index is 13.0. The van der Waals surface area contributed by atoms with Crippen molar-refractivity contribution in [3.8, 4) is 0 Å². The average Bonchev–Trinajstić information content (AvgIpc) is 3.18. The molecule has 3 aromatic rings. The smallest absolute Gasteiger partial charge is 0.395 e. The maximum atomic E-state index is 13.0. The van der Waals surface area contributed by atoms with Gasteiger partial charge in [0.1, 0.15) is 24.3 Å². The summed E-state index contributed by atoms with van der Waals surface area (Å²) in [4.78, 5) is 25.7. The second-order valence-corrected chi connectivity index (χ2v) is 9.16. The highest BCUT2D eigenvalue weighted by molar-refractivity contribution is 6.04. The van der Waals surface area contributed by atoms with Gasteiger partial charge in [0.2, 0.25) is 0 Å². The Morgan fingerprint density at radius 2 is 1.94 bits per heavy atom.